The maximum Gasteiger partial charge on any atom is 0.220 e. The van der Waals surface area contributed by atoms with Crippen LogP contribution in [0.3, 0.4) is 0 Å². The highest BCUT2D eigenvalue weighted by Gasteiger charge is 2.22. The number of hydrogen-bond acceptors (Lipinski definition) is 3. The quantitative estimate of drug-likeness (QED) is 0.858. The molecular formula is C13H20N2OS. The van der Waals surface area contributed by atoms with Gasteiger partial charge in [-0.25, -0.2) is 0 Å². The Hall–Kier alpha value is -0.870. The van der Waals surface area contributed by atoms with Gasteiger partial charge in [0.15, 0.2) is 0 Å². The van der Waals surface area contributed by atoms with Gasteiger partial charge in [-0.3, -0.25) is 4.79 Å². The molecule has 1 saturated heterocycles. The van der Waals surface area contributed by atoms with E-state index in [1.54, 1.807) is 11.3 Å². The normalized spacial score (nSPS) is 24.5. The van der Waals surface area contributed by atoms with Crippen LogP contribution in [-0.4, -0.2) is 25.0 Å². The first kappa shape index (κ1) is 12.6. The second-order valence-electron chi connectivity index (χ2n) is 4.72. The fraction of sp³-hybridized carbons (Fsp3) is 0.615. The third-order valence-electron chi connectivity index (χ3n) is 3.31. The third-order valence-corrected chi connectivity index (χ3v) is 4.25. The maximum absolute atomic E-state index is 11.8. The molecule has 1 aliphatic heterocycles. The van der Waals surface area contributed by atoms with Gasteiger partial charge in [0, 0.05) is 17.3 Å². The summed E-state index contributed by atoms with van der Waals surface area (Å²) in [6, 6.07) is 4.48. The maximum atomic E-state index is 11.8. The first-order valence-corrected chi connectivity index (χ1v) is 7.16. The average molecular weight is 252 g/mol. The Labute approximate surface area is 107 Å². The van der Waals surface area contributed by atoms with Gasteiger partial charge in [0.1, 0.15) is 0 Å². The van der Waals surface area contributed by atoms with Crippen molar-refractivity contribution in [1.82, 2.24) is 10.6 Å². The zero-order valence-corrected chi connectivity index (χ0v) is 11.1. The number of thiophene rings is 1. The highest BCUT2D eigenvalue weighted by atomic mass is 32.1. The van der Waals surface area contributed by atoms with Crippen molar-refractivity contribution in [1.29, 1.82) is 0 Å². The van der Waals surface area contributed by atoms with E-state index in [1.165, 1.54) is 4.88 Å². The minimum absolute atomic E-state index is 0.192. The lowest BCUT2D eigenvalue weighted by molar-refractivity contribution is -0.122. The summed E-state index contributed by atoms with van der Waals surface area (Å²) in [5.74, 6) is 0.728. The fourth-order valence-electron chi connectivity index (χ4n) is 2.20. The molecule has 4 heteroatoms. The van der Waals surface area contributed by atoms with Gasteiger partial charge in [-0.05, 0) is 43.3 Å². The molecule has 17 heavy (non-hydrogen) atoms. The summed E-state index contributed by atoms with van der Waals surface area (Å²) >= 11 is 1.72. The molecule has 1 aromatic rings. The van der Waals surface area contributed by atoms with E-state index >= 15 is 0 Å². The van der Waals surface area contributed by atoms with Crippen molar-refractivity contribution >= 4 is 17.2 Å². The van der Waals surface area contributed by atoms with Gasteiger partial charge in [-0.15, -0.1) is 11.3 Å². The van der Waals surface area contributed by atoms with E-state index in [4.69, 9.17) is 0 Å². The summed E-state index contributed by atoms with van der Waals surface area (Å²) in [7, 11) is 0. The molecule has 1 aliphatic rings. The Morgan fingerprint density at radius 1 is 1.65 bits per heavy atom. The van der Waals surface area contributed by atoms with Gasteiger partial charge in [-0.1, -0.05) is 13.0 Å². The zero-order valence-electron chi connectivity index (χ0n) is 10.2. The lowest BCUT2D eigenvalue weighted by Gasteiger charge is -2.30. The molecule has 1 fully saturated rings. The fourth-order valence-corrected chi connectivity index (χ4v) is 2.91. The number of carbonyl (C=O) groups excluding carboxylic acids is 1. The molecular weight excluding hydrogens is 232 g/mol. The highest BCUT2D eigenvalue weighted by molar-refractivity contribution is 7.09. The Kier molecular flexibility index (Phi) is 4.57. The van der Waals surface area contributed by atoms with E-state index in [2.05, 4.69) is 29.0 Å². The summed E-state index contributed by atoms with van der Waals surface area (Å²) < 4.78 is 0. The number of nitrogens with one attached hydrogen (secondary N) is 2. The van der Waals surface area contributed by atoms with Crippen molar-refractivity contribution in [2.75, 3.05) is 13.1 Å². The molecule has 1 amide bonds. The van der Waals surface area contributed by atoms with Gasteiger partial charge in [0.05, 0.1) is 0 Å². The van der Waals surface area contributed by atoms with Crippen LogP contribution < -0.4 is 10.6 Å². The number of piperidine rings is 1. The molecule has 2 heterocycles. The second kappa shape index (κ2) is 6.17. The molecule has 2 atom stereocenters. The molecule has 0 spiro atoms. The van der Waals surface area contributed by atoms with Crippen LogP contribution in [0.15, 0.2) is 17.5 Å². The molecule has 0 saturated carbocycles. The predicted octanol–water partition coefficient (Wildman–Crippen LogP) is 1.79. The van der Waals surface area contributed by atoms with E-state index in [0.29, 0.717) is 18.4 Å². The molecule has 0 aliphatic carbocycles. The summed E-state index contributed by atoms with van der Waals surface area (Å²) in [4.78, 5) is 13.1. The largest absolute Gasteiger partial charge is 0.353 e. The van der Waals surface area contributed by atoms with Crippen molar-refractivity contribution in [3.05, 3.63) is 22.4 Å². The van der Waals surface area contributed by atoms with E-state index in [-0.39, 0.29) is 5.91 Å². The number of carbonyl (C=O) groups is 1. The molecule has 3 nitrogen and oxygen atoms in total. The Bertz CT molecular complexity index is 350. The summed E-state index contributed by atoms with van der Waals surface area (Å²) in [5.41, 5.74) is 0. The van der Waals surface area contributed by atoms with Crippen LogP contribution in [0.4, 0.5) is 0 Å². The van der Waals surface area contributed by atoms with Crippen LogP contribution in [-0.2, 0) is 11.2 Å². The standard InChI is InChI=1S/C13H20N2OS/c1-10-9-14-7-6-12(10)15-13(16)5-4-11-3-2-8-17-11/h2-3,8,10,12,14H,4-7,9H2,1H3,(H,15,16). The predicted molar refractivity (Wildman–Crippen MR) is 71.2 cm³/mol. The van der Waals surface area contributed by atoms with Crippen LogP contribution in [0, 0.1) is 5.92 Å². The molecule has 0 bridgehead atoms. The summed E-state index contributed by atoms with van der Waals surface area (Å²) in [5, 5.41) is 8.56. The minimum atomic E-state index is 0.192. The molecule has 2 N–H and O–H groups in total. The van der Waals surface area contributed by atoms with Crippen LogP contribution in [0.5, 0.6) is 0 Å². The monoisotopic (exact) mass is 252 g/mol. The van der Waals surface area contributed by atoms with Gasteiger partial charge in [-0.2, -0.15) is 0 Å². The van der Waals surface area contributed by atoms with Gasteiger partial charge >= 0.3 is 0 Å². The second-order valence-corrected chi connectivity index (χ2v) is 5.76. The van der Waals surface area contributed by atoms with Crippen molar-refractivity contribution in [3.63, 3.8) is 0 Å². The number of rotatable bonds is 4. The van der Waals surface area contributed by atoms with Crippen LogP contribution in [0.2, 0.25) is 0 Å². The molecule has 2 rings (SSSR count). The molecule has 2 unspecified atom stereocenters. The first-order valence-electron chi connectivity index (χ1n) is 6.28. The first-order chi connectivity index (χ1) is 8.25. The van der Waals surface area contributed by atoms with Crippen molar-refractivity contribution in [3.8, 4) is 0 Å². The van der Waals surface area contributed by atoms with E-state index < -0.39 is 0 Å². The highest BCUT2D eigenvalue weighted by Crippen LogP contribution is 2.13. The average Bonchev–Trinajstić information content (AvgIpc) is 2.82. The van der Waals surface area contributed by atoms with Gasteiger partial charge in [0.2, 0.25) is 5.91 Å². The number of hydrogen-bond donors (Lipinski definition) is 2. The number of aryl methyl sites for hydroxylation is 1. The molecule has 0 radical (unpaired) electrons. The minimum Gasteiger partial charge on any atom is -0.353 e. The lowest BCUT2D eigenvalue weighted by Crippen LogP contribution is -2.48. The SMILES string of the molecule is CC1CNCCC1NC(=O)CCc1cccs1. The molecule has 1 aromatic heterocycles. The third kappa shape index (κ3) is 3.82. The summed E-state index contributed by atoms with van der Waals surface area (Å²) in [6.07, 6.45) is 2.52. The lowest BCUT2D eigenvalue weighted by atomic mass is 9.95. The van der Waals surface area contributed by atoms with Crippen molar-refractivity contribution < 1.29 is 4.79 Å². The van der Waals surface area contributed by atoms with Crippen molar-refractivity contribution in [2.24, 2.45) is 5.92 Å². The van der Waals surface area contributed by atoms with Gasteiger partial charge in [0.25, 0.3) is 0 Å². The Morgan fingerprint density at radius 2 is 2.53 bits per heavy atom. The smallest absolute Gasteiger partial charge is 0.220 e. The molecule has 94 valence electrons. The Balaban J connectivity index is 1.73. The topological polar surface area (TPSA) is 41.1 Å². The van der Waals surface area contributed by atoms with Crippen molar-refractivity contribution in [2.45, 2.75) is 32.2 Å². The van der Waals surface area contributed by atoms with E-state index in [1.807, 2.05) is 6.07 Å². The van der Waals surface area contributed by atoms with Gasteiger partial charge < -0.3 is 10.6 Å². The number of amides is 1. The van der Waals surface area contributed by atoms with Crippen LogP contribution >= 0.6 is 11.3 Å². The van der Waals surface area contributed by atoms with Crippen LogP contribution in [0.1, 0.15) is 24.6 Å². The van der Waals surface area contributed by atoms with E-state index in [0.717, 1.165) is 25.9 Å². The summed E-state index contributed by atoms with van der Waals surface area (Å²) in [6.45, 7) is 4.21. The molecule has 0 aromatic carbocycles. The van der Waals surface area contributed by atoms with E-state index in [9.17, 15) is 4.79 Å². The van der Waals surface area contributed by atoms with Crippen LogP contribution in [0.25, 0.3) is 0 Å². The Morgan fingerprint density at radius 3 is 3.24 bits per heavy atom. The zero-order chi connectivity index (χ0) is 12.1.